The molecule has 1 atom stereocenters. The highest BCUT2D eigenvalue weighted by molar-refractivity contribution is 5.25. The predicted octanol–water partition coefficient (Wildman–Crippen LogP) is 5.51. The van der Waals surface area contributed by atoms with Gasteiger partial charge in [0.15, 0.2) is 0 Å². The van der Waals surface area contributed by atoms with Crippen LogP contribution in [0.2, 0.25) is 0 Å². The summed E-state index contributed by atoms with van der Waals surface area (Å²) in [5.41, 5.74) is 2.92. The van der Waals surface area contributed by atoms with Crippen molar-refractivity contribution in [3.63, 3.8) is 0 Å². The van der Waals surface area contributed by atoms with E-state index in [4.69, 9.17) is 0 Å². The Labute approximate surface area is 126 Å². The van der Waals surface area contributed by atoms with Crippen LogP contribution in [0, 0.1) is 5.92 Å². The molecule has 20 heavy (non-hydrogen) atoms. The lowest BCUT2D eigenvalue weighted by Crippen LogP contribution is -2.20. The molecule has 0 saturated carbocycles. The lowest BCUT2D eigenvalue weighted by molar-refractivity contribution is 0.481. The standard InChI is InChI=1S/C19H33N/c1-5-7-8-9-10-19(20-6-2)18-13-11-17(12-14-18)15-16(3)4/h11-14,16,19-20H,5-10,15H2,1-4H3. The highest BCUT2D eigenvalue weighted by Gasteiger charge is 2.09. The predicted molar refractivity (Wildman–Crippen MR) is 90.2 cm³/mol. The maximum Gasteiger partial charge on any atom is 0.0320 e. The first-order valence-corrected chi connectivity index (χ1v) is 8.49. The highest BCUT2D eigenvalue weighted by atomic mass is 14.9. The second-order valence-electron chi connectivity index (χ2n) is 6.30. The average Bonchev–Trinajstić information content (AvgIpc) is 2.43. The fourth-order valence-electron chi connectivity index (χ4n) is 2.77. The van der Waals surface area contributed by atoms with Gasteiger partial charge in [0.1, 0.15) is 0 Å². The summed E-state index contributed by atoms with van der Waals surface area (Å²) in [6.07, 6.45) is 7.82. The van der Waals surface area contributed by atoms with Crippen LogP contribution in [0.1, 0.15) is 77.0 Å². The van der Waals surface area contributed by atoms with Crippen LogP contribution in [-0.4, -0.2) is 6.54 Å². The van der Waals surface area contributed by atoms with Crippen molar-refractivity contribution in [3.8, 4) is 0 Å². The fraction of sp³-hybridized carbons (Fsp3) is 0.684. The molecule has 1 heteroatoms. The molecule has 0 bridgehead atoms. The molecule has 0 radical (unpaired) electrons. The van der Waals surface area contributed by atoms with E-state index in [-0.39, 0.29) is 0 Å². The molecule has 0 aliphatic carbocycles. The molecular formula is C19H33N. The van der Waals surface area contributed by atoms with Crippen molar-refractivity contribution >= 4 is 0 Å². The maximum atomic E-state index is 3.64. The Balaban J connectivity index is 2.56. The zero-order chi connectivity index (χ0) is 14.8. The SMILES string of the molecule is CCCCCCC(NCC)c1ccc(CC(C)C)cc1. The van der Waals surface area contributed by atoms with Gasteiger partial charge in [-0.3, -0.25) is 0 Å². The molecule has 0 aliphatic rings. The van der Waals surface area contributed by atoms with E-state index in [1.165, 1.54) is 49.7 Å². The van der Waals surface area contributed by atoms with Gasteiger partial charge in [-0.1, -0.05) is 77.6 Å². The van der Waals surface area contributed by atoms with Crippen molar-refractivity contribution in [2.24, 2.45) is 5.92 Å². The molecule has 0 saturated heterocycles. The van der Waals surface area contributed by atoms with Crippen molar-refractivity contribution < 1.29 is 0 Å². The first kappa shape index (κ1) is 17.2. The molecular weight excluding hydrogens is 242 g/mol. The third-order valence-corrected chi connectivity index (χ3v) is 3.82. The number of unbranched alkanes of at least 4 members (excludes halogenated alkanes) is 3. The molecule has 0 aliphatic heterocycles. The van der Waals surface area contributed by atoms with Gasteiger partial charge in [-0.05, 0) is 36.4 Å². The summed E-state index contributed by atoms with van der Waals surface area (Å²) >= 11 is 0. The molecule has 1 aromatic rings. The van der Waals surface area contributed by atoms with Crippen molar-refractivity contribution in [3.05, 3.63) is 35.4 Å². The van der Waals surface area contributed by atoms with Crippen LogP contribution in [-0.2, 0) is 6.42 Å². The molecule has 1 nitrogen and oxygen atoms in total. The quantitative estimate of drug-likeness (QED) is 0.555. The topological polar surface area (TPSA) is 12.0 Å². The second kappa shape index (κ2) is 9.99. The Kier molecular flexibility index (Phi) is 8.60. The zero-order valence-electron chi connectivity index (χ0n) is 13.9. The number of hydrogen-bond acceptors (Lipinski definition) is 1. The van der Waals surface area contributed by atoms with Gasteiger partial charge in [-0.25, -0.2) is 0 Å². The van der Waals surface area contributed by atoms with Crippen LogP contribution < -0.4 is 5.32 Å². The summed E-state index contributed by atoms with van der Waals surface area (Å²) in [5, 5.41) is 3.64. The van der Waals surface area contributed by atoms with E-state index in [1.807, 2.05) is 0 Å². The first-order valence-electron chi connectivity index (χ1n) is 8.49. The number of nitrogens with one attached hydrogen (secondary N) is 1. The van der Waals surface area contributed by atoms with Gasteiger partial charge in [-0.2, -0.15) is 0 Å². The Morgan fingerprint density at radius 3 is 2.20 bits per heavy atom. The molecule has 1 aromatic carbocycles. The summed E-state index contributed by atoms with van der Waals surface area (Å²) in [6.45, 7) is 10.1. The molecule has 0 fully saturated rings. The number of hydrogen-bond donors (Lipinski definition) is 1. The normalized spacial score (nSPS) is 12.8. The molecule has 1 rings (SSSR count). The van der Waals surface area contributed by atoms with E-state index in [1.54, 1.807) is 0 Å². The van der Waals surface area contributed by atoms with Gasteiger partial charge in [-0.15, -0.1) is 0 Å². The molecule has 0 aromatic heterocycles. The van der Waals surface area contributed by atoms with Crippen LogP contribution in [0.4, 0.5) is 0 Å². The minimum atomic E-state index is 0.532. The Morgan fingerprint density at radius 1 is 0.950 bits per heavy atom. The van der Waals surface area contributed by atoms with Gasteiger partial charge in [0.25, 0.3) is 0 Å². The van der Waals surface area contributed by atoms with Gasteiger partial charge >= 0.3 is 0 Å². The number of rotatable bonds is 10. The lowest BCUT2D eigenvalue weighted by atomic mass is 9.96. The van der Waals surface area contributed by atoms with Crippen LogP contribution in [0.15, 0.2) is 24.3 Å². The van der Waals surface area contributed by atoms with Crippen LogP contribution in [0.5, 0.6) is 0 Å². The molecule has 1 N–H and O–H groups in total. The van der Waals surface area contributed by atoms with Crippen molar-refractivity contribution in [2.45, 2.75) is 72.3 Å². The summed E-state index contributed by atoms with van der Waals surface area (Å²) in [5.74, 6) is 0.736. The largest absolute Gasteiger partial charge is 0.310 e. The Bertz CT molecular complexity index is 339. The monoisotopic (exact) mass is 275 g/mol. The van der Waals surface area contributed by atoms with Gasteiger partial charge in [0, 0.05) is 6.04 Å². The van der Waals surface area contributed by atoms with E-state index < -0.39 is 0 Å². The summed E-state index contributed by atoms with van der Waals surface area (Å²) < 4.78 is 0. The number of benzene rings is 1. The summed E-state index contributed by atoms with van der Waals surface area (Å²) in [4.78, 5) is 0. The molecule has 1 unspecified atom stereocenters. The minimum Gasteiger partial charge on any atom is -0.310 e. The van der Waals surface area contributed by atoms with E-state index in [2.05, 4.69) is 57.3 Å². The molecule has 0 spiro atoms. The molecule has 114 valence electrons. The minimum absolute atomic E-state index is 0.532. The van der Waals surface area contributed by atoms with Crippen molar-refractivity contribution in [1.82, 2.24) is 5.32 Å². The van der Waals surface area contributed by atoms with Crippen LogP contribution in [0.25, 0.3) is 0 Å². The third kappa shape index (κ3) is 6.56. The molecule has 0 amide bonds. The second-order valence-corrected chi connectivity index (χ2v) is 6.30. The fourth-order valence-corrected chi connectivity index (χ4v) is 2.77. The average molecular weight is 275 g/mol. The van der Waals surface area contributed by atoms with Crippen LogP contribution in [0.3, 0.4) is 0 Å². The highest BCUT2D eigenvalue weighted by Crippen LogP contribution is 2.21. The van der Waals surface area contributed by atoms with E-state index >= 15 is 0 Å². The van der Waals surface area contributed by atoms with Gasteiger partial charge < -0.3 is 5.32 Å². The van der Waals surface area contributed by atoms with Gasteiger partial charge in [0.05, 0.1) is 0 Å². The van der Waals surface area contributed by atoms with Crippen molar-refractivity contribution in [2.75, 3.05) is 6.54 Å². The lowest BCUT2D eigenvalue weighted by Gasteiger charge is -2.19. The summed E-state index contributed by atoms with van der Waals surface area (Å²) in [7, 11) is 0. The smallest absolute Gasteiger partial charge is 0.0320 e. The van der Waals surface area contributed by atoms with E-state index in [9.17, 15) is 0 Å². The first-order chi connectivity index (χ1) is 9.67. The summed E-state index contributed by atoms with van der Waals surface area (Å²) in [6, 6.07) is 9.80. The Morgan fingerprint density at radius 2 is 1.65 bits per heavy atom. The maximum absolute atomic E-state index is 3.64. The van der Waals surface area contributed by atoms with Gasteiger partial charge in [0.2, 0.25) is 0 Å². The third-order valence-electron chi connectivity index (χ3n) is 3.82. The van der Waals surface area contributed by atoms with E-state index in [0.29, 0.717) is 6.04 Å². The van der Waals surface area contributed by atoms with Crippen molar-refractivity contribution in [1.29, 1.82) is 0 Å². The zero-order valence-corrected chi connectivity index (χ0v) is 13.9. The van der Waals surface area contributed by atoms with E-state index in [0.717, 1.165) is 12.5 Å². The molecule has 0 heterocycles. The Hall–Kier alpha value is -0.820. The van der Waals surface area contributed by atoms with Crippen LogP contribution >= 0.6 is 0 Å².